The van der Waals surface area contributed by atoms with Crippen molar-refractivity contribution >= 4 is 23.7 Å². The lowest BCUT2D eigenvalue weighted by Crippen LogP contribution is -2.37. The molecule has 2 heterocycles. The Labute approximate surface area is 201 Å². The number of benzene rings is 2. The van der Waals surface area contributed by atoms with Gasteiger partial charge in [0.1, 0.15) is 13.2 Å². The number of carboxylic acids is 1. The Balaban J connectivity index is 1.16. The first-order valence-electron chi connectivity index (χ1n) is 11.3. The van der Waals surface area contributed by atoms with Gasteiger partial charge >= 0.3 is 12.1 Å². The number of aliphatic carboxylic acids is 1. The van der Waals surface area contributed by atoms with Crippen molar-refractivity contribution < 1.29 is 24.2 Å². The summed E-state index contributed by atoms with van der Waals surface area (Å²) >= 11 is 0. The van der Waals surface area contributed by atoms with Gasteiger partial charge < -0.3 is 14.7 Å². The highest BCUT2D eigenvalue weighted by molar-refractivity contribution is 5.87. The van der Waals surface area contributed by atoms with Crippen molar-refractivity contribution in [2.24, 2.45) is 0 Å². The van der Waals surface area contributed by atoms with Crippen molar-refractivity contribution in [2.75, 3.05) is 25.0 Å². The molecule has 0 saturated heterocycles. The number of anilines is 1. The van der Waals surface area contributed by atoms with Crippen molar-refractivity contribution in [1.82, 2.24) is 14.7 Å². The van der Waals surface area contributed by atoms with E-state index >= 15 is 0 Å². The Morgan fingerprint density at radius 3 is 2.37 bits per heavy atom. The summed E-state index contributed by atoms with van der Waals surface area (Å²) in [6.07, 6.45) is 4.28. The Bertz CT molecular complexity index is 1280. The van der Waals surface area contributed by atoms with Crippen molar-refractivity contribution in [1.29, 1.82) is 0 Å². The fourth-order valence-corrected chi connectivity index (χ4v) is 4.60. The minimum absolute atomic E-state index is 0.0113. The predicted molar refractivity (Wildman–Crippen MR) is 128 cm³/mol. The summed E-state index contributed by atoms with van der Waals surface area (Å²) in [5.41, 5.74) is 5.33. The standard InChI is InChI=1S/C26H24N4O5/c31-24(29-11-9-17(10-12-29)25(32)33)15-30-14-18(13-27-30)28-26(34)35-16-23-21-7-3-1-5-19(21)20-6-2-4-8-22(20)23/h1-9,13-14,23H,10-12,15-16H2,(H,28,34)(H,32,33). The number of nitrogens with zero attached hydrogens (tertiary/aromatic N) is 3. The lowest BCUT2D eigenvalue weighted by atomic mass is 9.98. The Morgan fingerprint density at radius 2 is 1.74 bits per heavy atom. The summed E-state index contributed by atoms with van der Waals surface area (Å²) in [4.78, 5) is 37.5. The van der Waals surface area contributed by atoms with Gasteiger partial charge in [0, 0.05) is 30.8 Å². The largest absolute Gasteiger partial charge is 0.478 e. The molecule has 2 N–H and O–H groups in total. The lowest BCUT2D eigenvalue weighted by molar-refractivity contribution is -0.135. The molecule has 3 aromatic rings. The van der Waals surface area contributed by atoms with Crippen molar-refractivity contribution in [2.45, 2.75) is 18.9 Å². The fourth-order valence-electron chi connectivity index (χ4n) is 4.60. The maximum absolute atomic E-state index is 12.5. The maximum atomic E-state index is 12.5. The van der Waals surface area contributed by atoms with Crippen LogP contribution in [-0.2, 0) is 20.9 Å². The van der Waals surface area contributed by atoms with Gasteiger partial charge in [-0.2, -0.15) is 5.10 Å². The summed E-state index contributed by atoms with van der Waals surface area (Å²) in [7, 11) is 0. The molecule has 2 amide bonds. The molecule has 0 spiro atoms. The van der Waals surface area contributed by atoms with E-state index in [-0.39, 0.29) is 31.5 Å². The van der Waals surface area contributed by atoms with Crippen LogP contribution < -0.4 is 5.32 Å². The topological polar surface area (TPSA) is 114 Å². The van der Waals surface area contributed by atoms with Crippen LogP contribution in [0.3, 0.4) is 0 Å². The van der Waals surface area contributed by atoms with E-state index < -0.39 is 12.1 Å². The molecule has 35 heavy (non-hydrogen) atoms. The zero-order valence-corrected chi connectivity index (χ0v) is 18.9. The summed E-state index contributed by atoms with van der Waals surface area (Å²) in [5, 5.41) is 15.8. The van der Waals surface area contributed by atoms with Crippen molar-refractivity contribution in [3.8, 4) is 11.1 Å². The van der Waals surface area contributed by atoms with E-state index in [1.807, 2.05) is 24.3 Å². The number of ether oxygens (including phenoxy) is 1. The molecule has 1 aliphatic carbocycles. The first-order valence-corrected chi connectivity index (χ1v) is 11.3. The molecule has 5 rings (SSSR count). The Morgan fingerprint density at radius 1 is 1.06 bits per heavy atom. The number of nitrogens with one attached hydrogen (secondary N) is 1. The number of aromatic nitrogens is 2. The zero-order valence-electron chi connectivity index (χ0n) is 18.9. The predicted octanol–water partition coefficient (Wildman–Crippen LogP) is 3.49. The van der Waals surface area contributed by atoms with Crippen molar-refractivity contribution in [3.05, 3.63) is 83.7 Å². The summed E-state index contributed by atoms with van der Waals surface area (Å²) in [6.45, 7) is 0.797. The van der Waals surface area contributed by atoms with Gasteiger partial charge in [-0.15, -0.1) is 0 Å². The SMILES string of the molecule is O=C(Nc1cnn(CC(=O)N2CC=C(C(=O)O)CC2)c1)OCC1c2ccccc2-c2ccccc21. The number of rotatable bonds is 6. The molecule has 2 aliphatic rings. The van der Waals surface area contributed by atoms with E-state index in [1.54, 1.807) is 17.2 Å². The van der Waals surface area contributed by atoms with Crippen LogP contribution in [0, 0.1) is 0 Å². The minimum atomic E-state index is -0.951. The van der Waals surface area contributed by atoms with Crippen LogP contribution in [0.4, 0.5) is 10.5 Å². The number of amides is 2. The second-order valence-electron chi connectivity index (χ2n) is 8.50. The second-order valence-corrected chi connectivity index (χ2v) is 8.50. The number of carbonyl (C=O) groups excluding carboxylic acids is 2. The number of hydrogen-bond acceptors (Lipinski definition) is 5. The fraction of sp³-hybridized carbons (Fsp3) is 0.231. The molecule has 0 unspecified atom stereocenters. The monoisotopic (exact) mass is 472 g/mol. The lowest BCUT2D eigenvalue weighted by Gasteiger charge is -2.25. The van der Waals surface area contributed by atoms with Gasteiger partial charge in [0.25, 0.3) is 0 Å². The number of fused-ring (bicyclic) bond motifs is 3. The van der Waals surface area contributed by atoms with Crippen LogP contribution in [0.25, 0.3) is 11.1 Å². The molecule has 0 atom stereocenters. The van der Waals surface area contributed by atoms with E-state index in [4.69, 9.17) is 9.84 Å². The average Bonchev–Trinajstić information content (AvgIpc) is 3.44. The van der Waals surface area contributed by atoms with Crippen LogP contribution in [0.5, 0.6) is 0 Å². The van der Waals surface area contributed by atoms with Gasteiger partial charge in [0.2, 0.25) is 5.91 Å². The van der Waals surface area contributed by atoms with Crippen molar-refractivity contribution in [3.63, 3.8) is 0 Å². The molecule has 9 heteroatoms. The second kappa shape index (κ2) is 9.46. The van der Waals surface area contributed by atoms with Crippen LogP contribution in [-0.4, -0.2) is 57.5 Å². The molecule has 1 aromatic heterocycles. The third kappa shape index (κ3) is 4.65. The third-order valence-electron chi connectivity index (χ3n) is 6.36. The number of carbonyl (C=O) groups is 3. The molecule has 1 aliphatic heterocycles. The molecule has 178 valence electrons. The molecule has 9 nitrogen and oxygen atoms in total. The molecule has 0 bridgehead atoms. The highest BCUT2D eigenvalue weighted by Crippen LogP contribution is 2.44. The highest BCUT2D eigenvalue weighted by atomic mass is 16.5. The van der Waals surface area contributed by atoms with Gasteiger partial charge in [0.05, 0.1) is 11.9 Å². The molecule has 2 aromatic carbocycles. The van der Waals surface area contributed by atoms with Crippen LogP contribution >= 0.6 is 0 Å². The first kappa shape index (κ1) is 22.4. The van der Waals surface area contributed by atoms with E-state index in [9.17, 15) is 14.4 Å². The van der Waals surface area contributed by atoms with E-state index in [0.29, 0.717) is 24.2 Å². The number of hydrogen-bond donors (Lipinski definition) is 2. The molecule has 0 radical (unpaired) electrons. The van der Waals surface area contributed by atoms with E-state index in [1.165, 1.54) is 10.9 Å². The first-order chi connectivity index (χ1) is 17.0. The molecule has 0 saturated carbocycles. The normalized spacial score (nSPS) is 14.6. The summed E-state index contributed by atoms with van der Waals surface area (Å²) in [6, 6.07) is 16.3. The number of carboxylic acid groups (broad SMARTS) is 1. The van der Waals surface area contributed by atoms with Gasteiger partial charge in [-0.05, 0) is 28.7 Å². The van der Waals surface area contributed by atoms with Gasteiger partial charge in [-0.1, -0.05) is 54.6 Å². The zero-order chi connectivity index (χ0) is 24.4. The highest BCUT2D eigenvalue weighted by Gasteiger charge is 2.29. The molecular weight excluding hydrogens is 448 g/mol. The van der Waals surface area contributed by atoms with Gasteiger partial charge in [-0.25, -0.2) is 9.59 Å². The van der Waals surface area contributed by atoms with E-state index in [2.05, 4.69) is 34.7 Å². The van der Waals surface area contributed by atoms with Gasteiger partial charge in [-0.3, -0.25) is 14.8 Å². The summed E-state index contributed by atoms with van der Waals surface area (Å²) in [5.74, 6) is -1.16. The van der Waals surface area contributed by atoms with Crippen LogP contribution in [0.15, 0.2) is 72.6 Å². The summed E-state index contributed by atoms with van der Waals surface area (Å²) < 4.78 is 6.97. The molecular formula is C26H24N4O5. The molecule has 0 fully saturated rings. The smallest absolute Gasteiger partial charge is 0.411 e. The maximum Gasteiger partial charge on any atom is 0.411 e. The van der Waals surface area contributed by atoms with Crippen LogP contribution in [0.2, 0.25) is 0 Å². The Hall–Kier alpha value is -4.40. The average molecular weight is 473 g/mol. The Kier molecular flexibility index (Phi) is 6.05. The quantitative estimate of drug-likeness (QED) is 0.568. The third-order valence-corrected chi connectivity index (χ3v) is 6.36. The van der Waals surface area contributed by atoms with Gasteiger partial charge in [0.15, 0.2) is 0 Å². The van der Waals surface area contributed by atoms with Crippen LogP contribution in [0.1, 0.15) is 23.5 Å². The minimum Gasteiger partial charge on any atom is -0.478 e. The van der Waals surface area contributed by atoms with E-state index in [0.717, 1.165) is 22.3 Å².